The van der Waals surface area contributed by atoms with Gasteiger partial charge in [0.05, 0.1) is 17.6 Å². The van der Waals surface area contributed by atoms with Crippen LogP contribution in [0, 0.1) is 0 Å². The zero-order valence-corrected chi connectivity index (χ0v) is 12.6. The number of benzene rings is 1. The van der Waals surface area contributed by atoms with Crippen molar-refractivity contribution in [3.05, 3.63) is 42.1 Å². The molecule has 3 rings (SSSR count). The summed E-state index contributed by atoms with van der Waals surface area (Å²) in [7, 11) is 0. The predicted octanol–water partition coefficient (Wildman–Crippen LogP) is 1.98. The molecule has 114 valence electrons. The second-order valence-electron chi connectivity index (χ2n) is 5.64. The van der Waals surface area contributed by atoms with E-state index >= 15 is 0 Å². The Labute approximate surface area is 129 Å². The van der Waals surface area contributed by atoms with Gasteiger partial charge in [0.15, 0.2) is 0 Å². The molecule has 1 fully saturated rings. The van der Waals surface area contributed by atoms with Crippen molar-refractivity contribution < 1.29 is 9.59 Å². The fourth-order valence-electron chi connectivity index (χ4n) is 2.95. The molecule has 0 bridgehead atoms. The number of rotatable bonds is 3. The summed E-state index contributed by atoms with van der Waals surface area (Å²) in [6.07, 6.45) is 3.69. The van der Waals surface area contributed by atoms with Crippen LogP contribution in [0.5, 0.6) is 0 Å². The van der Waals surface area contributed by atoms with Crippen molar-refractivity contribution >= 4 is 22.7 Å². The van der Waals surface area contributed by atoms with Gasteiger partial charge in [-0.1, -0.05) is 18.2 Å². The number of para-hydroxylation sites is 1. The highest BCUT2D eigenvalue weighted by molar-refractivity contribution is 6.06. The van der Waals surface area contributed by atoms with Gasteiger partial charge in [0.2, 0.25) is 5.91 Å². The first kappa shape index (κ1) is 14.5. The van der Waals surface area contributed by atoms with E-state index in [0.717, 1.165) is 30.3 Å². The summed E-state index contributed by atoms with van der Waals surface area (Å²) in [5, 5.41) is 3.53. The smallest absolute Gasteiger partial charge is 0.252 e. The third kappa shape index (κ3) is 2.79. The Hall–Kier alpha value is -2.43. The van der Waals surface area contributed by atoms with Crippen molar-refractivity contribution in [2.45, 2.75) is 25.8 Å². The fraction of sp³-hybridized carbons (Fsp3) is 0.353. The Balaban J connectivity index is 1.70. The molecule has 1 aliphatic rings. The first-order valence-electron chi connectivity index (χ1n) is 7.58. The van der Waals surface area contributed by atoms with E-state index < -0.39 is 0 Å². The minimum Gasteiger partial charge on any atom is -0.343 e. The standard InChI is InChI=1S/C17H19N3O2/c1-12-5-4-10-20(12)16(21)11-19-17(22)14-8-9-18-15-7-3-2-6-13(14)15/h2-3,6-9,12H,4-5,10-11H2,1H3,(H,19,22)/t12-/m1/s1. The maximum absolute atomic E-state index is 12.3. The predicted molar refractivity (Wildman–Crippen MR) is 84.5 cm³/mol. The second kappa shape index (κ2) is 6.13. The molecular weight excluding hydrogens is 278 g/mol. The molecule has 1 aromatic carbocycles. The van der Waals surface area contributed by atoms with Crippen molar-refractivity contribution in [2.24, 2.45) is 0 Å². The maximum Gasteiger partial charge on any atom is 0.252 e. The van der Waals surface area contributed by atoms with Crippen LogP contribution in [0.2, 0.25) is 0 Å². The number of likely N-dealkylation sites (tertiary alicyclic amines) is 1. The van der Waals surface area contributed by atoms with Gasteiger partial charge >= 0.3 is 0 Å². The number of amides is 2. The molecule has 0 spiro atoms. The molecule has 1 aliphatic heterocycles. The molecule has 0 radical (unpaired) electrons. The number of hydrogen-bond donors (Lipinski definition) is 1. The minimum absolute atomic E-state index is 0.0169. The van der Waals surface area contributed by atoms with E-state index in [1.54, 1.807) is 12.3 Å². The summed E-state index contributed by atoms with van der Waals surface area (Å²) in [6.45, 7) is 2.87. The number of carbonyl (C=O) groups excluding carboxylic acids is 2. The monoisotopic (exact) mass is 297 g/mol. The van der Waals surface area contributed by atoms with Crippen molar-refractivity contribution in [3.63, 3.8) is 0 Å². The number of pyridine rings is 1. The van der Waals surface area contributed by atoms with Crippen molar-refractivity contribution in [3.8, 4) is 0 Å². The van der Waals surface area contributed by atoms with Gasteiger partial charge in [-0.15, -0.1) is 0 Å². The molecule has 5 nitrogen and oxygen atoms in total. The molecular formula is C17H19N3O2. The molecule has 2 amide bonds. The van der Waals surface area contributed by atoms with Crippen LogP contribution >= 0.6 is 0 Å². The van der Waals surface area contributed by atoms with Crippen molar-refractivity contribution in [2.75, 3.05) is 13.1 Å². The van der Waals surface area contributed by atoms with Crippen molar-refractivity contribution in [1.29, 1.82) is 0 Å². The Kier molecular flexibility index (Phi) is 4.04. The van der Waals surface area contributed by atoms with Crippen LogP contribution in [-0.2, 0) is 4.79 Å². The molecule has 0 unspecified atom stereocenters. The number of aromatic nitrogens is 1. The number of fused-ring (bicyclic) bond motifs is 1. The third-order valence-corrected chi connectivity index (χ3v) is 4.17. The summed E-state index contributed by atoms with van der Waals surface area (Å²) in [5.74, 6) is -0.254. The minimum atomic E-state index is -0.237. The van der Waals surface area contributed by atoms with Crippen molar-refractivity contribution in [1.82, 2.24) is 15.2 Å². The van der Waals surface area contributed by atoms with E-state index in [4.69, 9.17) is 0 Å². The van der Waals surface area contributed by atoms with E-state index in [0.29, 0.717) is 5.56 Å². The molecule has 1 atom stereocenters. The quantitative estimate of drug-likeness (QED) is 0.942. The lowest BCUT2D eigenvalue weighted by molar-refractivity contribution is -0.130. The van der Waals surface area contributed by atoms with Gasteiger partial charge in [-0.05, 0) is 31.9 Å². The summed E-state index contributed by atoms with van der Waals surface area (Å²) in [6, 6.07) is 9.43. The SMILES string of the molecule is C[C@@H]1CCCN1C(=O)CNC(=O)c1ccnc2ccccc12. The summed E-state index contributed by atoms with van der Waals surface area (Å²) in [5.41, 5.74) is 1.32. The molecule has 0 aliphatic carbocycles. The number of carbonyl (C=O) groups is 2. The van der Waals surface area contributed by atoms with Crippen LogP contribution in [0.25, 0.3) is 10.9 Å². The van der Waals surface area contributed by atoms with Gasteiger partial charge < -0.3 is 10.2 Å². The van der Waals surface area contributed by atoms with Crippen LogP contribution in [-0.4, -0.2) is 40.8 Å². The molecule has 2 heterocycles. The number of nitrogens with one attached hydrogen (secondary N) is 1. The number of hydrogen-bond acceptors (Lipinski definition) is 3. The third-order valence-electron chi connectivity index (χ3n) is 4.17. The highest BCUT2D eigenvalue weighted by Gasteiger charge is 2.25. The van der Waals surface area contributed by atoms with Gasteiger partial charge in [-0.25, -0.2) is 0 Å². The molecule has 0 saturated carbocycles. The lowest BCUT2D eigenvalue weighted by Crippen LogP contribution is -2.41. The Morgan fingerprint density at radius 3 is 2.91 bits per heavy atom. The summed E-state index contributed by atoms with van der Waals surface area (Å²) < 4.78 is 0. The van der Waals surface area contributed by atoms with Crippen LogP contribution in [0.4, 0.5) is 0 Å². The molecule has 1 N–H and O–H groups in total. The topological polar surface area (TPSA) is 62.3 Å². The zero-order valence-electron chi connectivity index (χ0n) is 12.6. The number of nitrogens with zero attached hydrogens (tertiary/aromatic N) is 2. The van der Waals surface area contributed by atoms with E-state index in [2.05, 4.69) is 10.3 Å². The van der Waals surface area contributed by atoms with Crippen LogP contribution in [0.15, 0.2) is 36.5 Å². The Morgan fingerprint density at radius 1 is 1.32 bits per heavy atom. The molecule has 1 aromatic heterocycles. The Morgan fingerprint density at radius 2 is 2.14 bits per heavy atom. The van der Waals surface area contributed by atoms with Gasteiger partial charge in [0.25, 0.3) is 5.91 Å². The van der Waals surface area contributed by atoms with Gasteiger partial charge in [-0.2, -0.15) is 0 Å². The lowest BCUT2D eigenvalue weighted by Gasteiger charge is -2.21. The largest absolute Gasteiger partial charge is 0.343 e. The van der Waals surface area contributed by atoms with E-state index in [-0.39, 0.29) is 24.4 Å². The normalized spacial score (nSPS) is 17.7. The average molecular weight is 297 g/mol. The van der Waals surface area contributed by atoms with Gasteiger partial charge in [0, 0.05) is 24.2 Å². The van der Waals surface area contributed by atoms with Gasteiger partial charge in [-0.3, -0.25) is 14.6 Å². The molecule has 1 saturated heterocycles. The highest BCUT2D eigenvalue weighted by atomic mass is 16.2. The molecule has 22 heavy (non-hydrogen) atoms. The van der Waals surface area contributed by atoms with Crippen LogP contribution < -0.4 is 5.32 Å². The fourth-order valence-corrected chi connectivity index (χ4v) is 2.95. The zero-order chi connectivity index (χ0) is 15.5. The van der Waals surface area contributed by atoms with Gasteiger partial charge in [0.1, 0.15) is 0 Å². The summed E-state index contributed by atoms with van der Waals surface area (Å²) in [4.78, 5) is 30.6. The van der Waals surface area contributed by atoms with E-state index in [1.165, 1.54) is 0 Å². The Bertz CT molecular complexity index is 709. The van der Waals surface area contributed by atoms with E-state index in [1.807, 2.05) is 36.1 Å². The first-order valence-corrected chi connectivity index (χ1v) is 7.58. The van der Waals surface area contributed by atoms with E-state index in [9.17, 15) is 9.59 Å². The maximum atomic E-state index is 12.3. The first-order chi connectivity index (χ1) is 10.7. The molecule has 5 heteroatoms. The second-order valence-corrected chi connectivity index (χ2v) is 5.64. The highest BCUT2D eigenvalue weighted by Crippen LogP contribution is 2.17. The van der Waals surface area contributed by atoms with Crippen LogP contribution in [0.3, 0.4) is 0 Å². The average Bonchev–Trinajstić information content (AvgIpc) is 2.98. The van der Waals surface area contributed by atoms with Crippen LogP contribution in [0.1, 0.15) is 30.1 Å². The lowest BCUT2D eigenvalue weighted by atomic mass is 10.1. The summed E-state index contributed by atoms with van der Waals surface area (Å²) >= 11 is 0. The molecule has 2 aromatic rings.